The number of carbonyl (C=O) groups is 1. The van der Waals surface area contributed by atoms with Gasteiger partial charge >= 0.3 is 5.97 Å². The van der Waals surface area contributed by atoms with Gasteiger partial charge in [0.2, 0.25) is 10.0 Å². The van der Waals surface area contributed by atoms with Gasteiger partial charge in [0.25, 0.3) is 0 Å². The Balaban J connectivity index is 2.72. The van der Waals surface area contributed by atoms with Crippen molar-refractivity contribution in [1.82, 2.24) is 4.72 Å². The average Bonchev–Trinajstić information content (AvgIpc) is 2.37. The molecule has 0 saturated heterocycles. The number of rotatable bonds is 8. The van der Waals surface area contributed by atoms with Gasteiger partial charge in [0.15, 0.2) is 0 Å². The molecule has 0 aliphatic rings. The topological polar surface area (TPSA) is 113 Å². The SMILES string of the molecule is C=C(C)COCCNS(=O)(=O)c1ccc(O)c(C(=O)O)c1. The summed E-state index contributed by atoms with van der Waals surface area (Å²) in [5.41, 5.74) is 0.346. The molecular formula is C13H17NO6S. The minimum absolute atomic E-state index is 0.0406. The number of carboxylic acids is 1. The molecule has 7 nitrogen and oxygen atoms in total. The summed E-state index contributed by atoms with van der Waals surface area (Å²) in [5, 5.41) is 18.2. The minimum atomic E-state index is -3.86. The molecule has 0 bridgehead atoms. The Morgan fingerprint density at radius 2 is 2.10 bits per heavy atom. The Morgan fingerprint density at radius 1 is 1.43 bits per heavy atom. The highest BCUT2D eigenvalue weighted by Gasteiger charge is 2.18. The molecule has 3 N–H and O–H groups in total. The lowest BCUT2D eigenvalue weighted by Gasteiger charge is -2.09. The van der Waals surface area contributed by atoms with Crippen LogP contribution in [-0.4, -0.2) is 44.4 Å². The number of sulfonamides is 1. The largest absolute Gasteiger partial charge is 0.507 e. The van der Waals surface area contributed by atoms with Gasteiger partial charge in [-0.25, -0.2) is 17.9 Å². The van der Waals surface area contributed by atoms with Crippen LogP contribution in [-0.2, 0) is 14.8 Å². The number of aromatic hydroxyl groups is 1. The lowest BCUT2D eigenvalue weighted by atomic mass is 10.2. The fourth-order valence-electron chi connectivity index (χ4n) is 1.43. The maximum atomic E-state index is 12.0. The van der Waals surface area contributed by atoms with Gasteiger partial charge in [-0.3, -0.25) is 0 Å². The van der Waals surface area contributed by atoms with Crippen molar-refractivity contribution in [2.24, 2.45) is 0 Å². The maximum Gasteiger partial charge on any atom is 0.339 e. The van der Waals surface area contributed by atoms with Crippen LogP contribution in [0.1, 0.15) is 17.3 Å². The van der Waals surface area contributed by atoms with Crippen LogP contribution in [0.4, 0.5) is 0 Å². The molecule has 0 saturated carbocycles. The molecule has 0 aliphatic carbocycles. The first kappa shape index (κ1) is 17.2. The predicted molar refractivity (Wildman–Crippen MR) is 75.9 cm³/mol. The lowest BCUT2D eigenvalue weighted by Crippen LogP contribution is -2.27. The zero-order chi connectivity index (χ0) is 16.0. The molecule has 0 aromatic heterocycles. The summed E-state index contributed by atoms with van der Waals surface area (Å²) in [6.45, 7) is 5.97. The first-order valence-corrected chi connectivity index (χ1v) is 7.50. The van der Waals surface area contributed by atoms with Crippen LogP contribution in [0.3, 0.4) is 0 Å². The van der Waals surface area contributed by atoms with Crippen LogP contribution in [0, 0.1) is 0 Å². The third kappa shape index (κ3) is 5.18. The summed E-state index contributed by atoms with van der Waals surface area (Å²) < 4.78 is 31.3. The number of hydrogen-bond acceptors (Lipinski definition) is 5. The number of nitrogens with one attached hydrogen (secondary N) is 1. The highest BCUT2D eigenvalue weighted by Crippen LogP contribution is 2.21. The van der Waals surface area contributed by atoms with Gasteiger partial charge < -0.3 is 14.9 Å². The number of carboxylic acid groups (broad SMARTS) is 1. The summed E-state index contributed by atoms with van der Waals surface area (Å²) in [5.74, 6) is -1.90. The van der Waals surface area contributed by atoms with Crippen molar-refractivity contribution in [1.29, 1.82) is 0 Å². The van der Waals surface area contributed by atoms with Crippen molar-refractivity contribution in [2.45, 2.75) is 11.8 Å². The second kappa shape index (κ2) is 7.21. The second-order valence-corrected chi connectivity index (χ2v) is 6.16. The third-order valence-electron chi connectivity index (χ3n) is 2.40. The molecule has 116 valence electrons. The zero-order valence-electron chi connectivity index (χ0n) is 11.5. The molecule has 21 heavy (non-hydrogen) atoms. The summed E-state index contributed by atoms with van der Waals surface area (Å²) in [4.78, 5) is 10.6. The van der Waals surface area contributed by atoms with Crippen molar-refractivity contribution in [3.05, 3.63) is 35.9 Å². The Kier molecular flexibility index (Phi) is 5.89. The van der Waals surface area contributed by atoms with E-state index in [-0.39, 0.29) is 18.0 Å². The van der Waals surface area contributed by atoms with Gasteiger partial charge in [-0.2, -0.15) is 0 Å². The average molecular weight is 315 g/mol. The van der Waals surface area contributed by atoms with Crippen LogP contribution in [0.15, 0.2) is 35.2 Å². The van der Waals surface area contributed by atoms with E-state index in [0.717, 1.165) is 23.8 Å². The third-order valence-corrected chi connectivity index (χ3v) is 3.85. The van der Waals surface area contributed by atoms with Gasteiger partial charge in [-0.15, -0.1) is 0 Å². The van der Waals surface area contributed by atoms with Crippen molar-refractivity contribution in [3.63, 3.8) is 0 Å². The van der Waals surface area contributed by atoms with E-state index in [1.165, 1.54) is 0 Å². The minimum Gasteiger partial charge on any atom is -0.507 e. The molecule has 1 rings (SSSR count). The van der Waals surface area contributed by atoms with E-state index >= 15 is 0 Å². The van der Waals surface area contributed by atoms with Crippen molar-refractivity contribution in [3.8, 4) is 5.75 Å². The summed E-state index contributed by atoms with van der Waals surface area (Å²) in [6.07, 6.45) is 0. The molecule has 0 heterocycles. The Hall–Kier alpha value is -1.90. The molecule has 1 aromatic rings. The Morgan fingerprint density at radius 3 is 2.67 bits per heavy atom. The van der Waals surface area contributed by atoms with Crippen LogP contribution >= 0.6 is 0 Å². The summed E-state index contributed by atoms with van der Waals surface area (Å²) in [6, 6.07) is 3.04. The normalized spacial score (nSPS) is 11.3. The monoisotopic (exact) mass is 315 g/mol. The van der Waals surface area contributed by atoms with Gasteiger partial charge in [0, 0.05) is 6.54 Å². The Labute approximate surface area is 122 Å². The molecule has 8 heteroatoms. The number of ether oxygens (including phenoxy) is 1. The van der Waals surface area contributed by atoms with E-state index in [2.05, 4.69) is 11.3 Å². The first-order valence-electron chi connectivity index (χ1n) is 6.02. The fourth-order valence-corrected chi connectivity index (χ4v) is 2.47. The molecule has 0 fully saturated rings. The van der Waals surface area contributed by atoms with Crippen molar-refractivity contribution >= 4 is 16.0 Å². The van der Waals surface area contributed by atoms with E-state index in [1.54, 1.807) is 6.92 Å². The van der Waals surface area contributed by atoms with Crippen LogP contribution in [0.5, 0.6) is 5.75 Å². The van der Waals surface area contributed by atoms with E-state index in [4.69, 9.17) is 9.84 Å². The van der Waals surface area contributed by atoms with E-state index in [9.17, 15) is 18.3 Å². The number of phenols is 1. The maximum absolute atomic E-state index is 12.0. The summed E-state index contributed by atoms with van der Waals surface area (Å²) >= 11 is 0. The molecule has 1 aromatic carbocycles. The van der Waals surface area contributed by atoms with E-state index in [0.29, 0.717) is 6.61 Å². The van der Waals surface area contributed by atoms with Gasteiger partial charge in [-0.1, -0.05) is 12.2 Å². The molecule has 0 spiro atoms. The molecule has 0 aliphatic heterocycles. The van der Waals surface area contributed by atoms with E-state index < -0.39 is 27.3 Å². The number of benzene rings is 1. The zero-order valence-corrected chi connectivity index (χ0v) is 12.3. The first-order chi connectivity index (χ1) is 9.74. The molecule has 0 unspecified atom stereocenters. The Bertz CT molecular complexity index is 638. The quantitative estimate of drug-likeness (QED) is 0.486. The smallest absolute Gasteiger partial charge is 0.339 e. The standard InChI is InChI=1S/C13H17NO6S/c1-9(2)8-20-6-5-14-21(18,19)10-3-4-12(15)11(7-10)13(16)17/h3-4,7,14-15H,1,5-6,8H2,2H3,(H,16,17). The molecule has 0 amide bonds. The highest BCUT2D eigenvalue weighted by molar-refractivity contribution is 7.89. The van der Waals surface area contributed by atoms with E-state index in [1.807, 2.05) is 0 Å². The molecule has 0 radical (unpaired) electrons. The van der Waals surface area contributed by atoms with Crippen LogP contribution in [0.2, 0.25) is 0 Å². The number of aromatic carboxylic acids is 1. The molecular weight excluding hydrogens is 298 g/mol. The van der Waals surface area contributed by atoms with Crippen molar-refractivity contribution in [2.75, 3.05) is 19.8 Å². The van der Waals surface area contributed by atoms with Crippen LogP contribution in [0.25, 0.3) is 0 Å². The predicted octanol–water partition coefficient (Wildman–Crippen LogP) is 0.961. The number of hydrogen-bond donors (Lipinski definition) is 3. The second-order valence-electron chi connectivity index (χ2n) is 4.39. The lowest BCUT2D eigenvalue weighted by molar-refractivity contribution is 0.0693. The van der Waals surface area contributed by atoms with Gasteiger partial charge in [-0.05, 0) is 25.1 Å². The highest BCUT2D eigenvalue weighted by atomic mass is 32.2. The van der Waals surface area contributed by atoms with Crippen LogP contribution < -0.4 is 4.72 Å². The molecule has 0 atom stereocenters. The fraction of sp³-hybridized carbons (Fsp3) is 0.308. The van der Waals surface area contributed by atoms with Gasteiger partial charge in [0.05, 0.1) is 18.1 Å². The van der Waals surface area contributed by atoms with Gasteiger partial charge in [0.1, 0.15) is 11.3 Å². The van der Waals surface area contributed by atoms with Crippen molar-refractivity contribution < 1.29 is 28.2 Å². The summed E-state index contributed by atoms with van der Waals surface area (Å²) in [7, 11) is -3.86.